The molecule has 1 aliphatic rings. The number of rotatable bonds is 6. The summed E-state index contributed by atoms with van der Waals surface area (Å²) in [7, 11) is 1.64. The van der Waals surface area contributed by atoms with E-state index in [4.69, 9.17) is 14.2 Å². The lowest BCUT2D eigenvalue weighted by molar-refractivity contribution is -0.139. The second-order valence-electron chi connectivity index (χ2n) is 5.60. The van der Waals surface area contributed by atoms with Gasteiger partial charge in [-0.25, -0.2) is 0 Å². The third-order valence-electron chi connectivity index (χ3n) is 3.39. The molecule has 0 spiro atoms. The maximum absolute atomic E-state index is 11.8. The first-order valence-electron chi connectivity index (χ1n) is 7.20. The molecule has 116 valence electrons. The summed E-state index contributed by atoms with van der Waals surface area (Å²) >= 11 is 0. The molecule has 1 amide bonds. The zero-order valence-corrected chi connectivity index (χ0v) is 12.8. The molecular weight excluding hydrogens is 270 g/mol. The molecular formula is C16H23NO4. The quantitative estimate of drug-likeness (QED) is 0.870. The Labute approximate surface area is 125 Å². The van der Waals surface area contributed by atoms with E-state index in [2.05, 4.69) is 5.32 Å². The van der Waals surface area contributed by atoms with Gasteiger partial charge >= 0.3 is 0 Å². The fraction of sp³-hybridized carbons (Fsp3) is 0.562. The molecule has 1 aromatic carbocycles. The van der Waals surface area contributed by atoms with Crippen molar-refractivity contribution in [3.63, 3.8) is 0 Å². The molecule has 21 heavy (non-hydrogen) atoms. The number of hydrogen-bond donors (Lipinski definition) is 1. The van der Waals surface area contributed by atoms with E-state index in [0.29, 0.717) is 26.0 Å². The van der Waals surface area contributed by atoms with Gasteiger partial charge in [-0.05, 0) is 38.0 Å². The highest BCUT2D eigenvalue weighted by Crippen LogP contribution is 2.21. The SMILES string of the molecule is COc1ccc(CCC(=O)NCC2COC(C)(C)O2)cc1. The maximum Gasteiger partial charge on any atom is 0.220 e. The molecule has 1 unspecified atom stereocenters. The van der Waals surface area contributed by atoms with Crippen LogP contribution in [0.3, 0.4) is 0 Å². The highest BCUT2D eigenvalue weighted by atomic mass is 16.7. The smallest absolute Gasteiger partial charge is 0.220 e. The zero-order valence-electron chi connectivity index (χ0n) is 12.8. The van der Waals surface area contributed by atoms with Crippen LogP contribution in [0.1, 0.15) is 25.8 Å². The monoisotopic (exact) mass is 293 g/mol. The van der Waals surface area contributed by atoms with E-state index in [1.54, 1.807) is 7.11 Å². The fourth-order valence-electron chi connectivity index (χ4n) is 2.23. The Kier molecular flexibility index (Phi) is 5.20. The minimum atomic E-state index is -0.543. The summed E-state index contributed by atoms with van der Waals surface area (Å²) in [5.41, 5.74) is 1.12. The van der Waals surface area contributed by atoms with Gasteiger partial charge in [-0.1, -0.05) is 12.1 Å². The van der Waals surface area contributed by atoms with E-state index in [0.717, 1.165) is 11.3 Å². The Morgan fingerprint density at radius 2 is 2.10 bits per heavy atom. The van der Waals surface area contributed by atoms with Crippen molar-refractivity contribution in [2.45, 2.75) is 38.6 Å². The van der Waals surface area contributed by atoms with Gasteiger partial charge in [-0.2, -0.15) is 0 Å². The highest BCUT2D eigenvalue weighted by Gasteiger charge is 2.32. The Morgan fingerprint density at radius 1 is 1.38 bits per heavy atom. The van der Waals surface area contributed by atoms with Gasteiger partial charge in [0.05, 0.1) is 13.7 Å². The Balaban J connectivity index is 1.67. The van der Waals surface area contributed by atoms with Crippen molar-refractivity contribution in [2.24, 2.45) is 0 Å². The third-order valence-corrected chi connectivity index (χ3v) is 3.39. The van der Waals surface area contributed by atoms with E-state index < -0.39 is 5.79 Å². The maximum atomic E-state index is 11.8. The van der Waals surface area contributed by atoms with Crippen LogP contribution in [0.15, 0.2) is 24.3 Å². The number of hydrogen-bond acceptors (Lipinski definition) is 4. The predicted molar refractivity (Wildman–Crippen MR) is 79.2 cm³/mol. The Hall–Kier alpha value is -1.59. The van der Waals surface area contributed by atoms with Gasteiger partial charge in [0.1, 0.15) is 11.9 Å². The second kappa shape index (κ2) is 6.91. The van der Waals surface area contributed by atoms with Crippen molar-refractivity contribution < 1.29 is 19.0 Å². The molecule has 0 saturated carbocycles. The Bertz CT molecular complexity index is 470. The first kappa shape index (κ1) is 15.8. The number of carbonyl (C=O) groups excluding carboxylic acids is 1. The summed E-state index contributed by atoms with van der Waals surface area (Å²) in [5, 5.41) is 2.89. The average Bonchev–Trinajstić information content (AvgIpc) is 2.83. The molecule has 1 fully saturated rings. The zero-order chi connectivity index (χ0) is 15.3. The van der Waals surface area contributed by atoms with Crippen LogP contribution in [0.4, 0.5) is 0 Å². The van der Waals surface area contributed by atoms with Crippen molar-refractivity contribution >= 4 is 5.91 Å². The molecule has 1 N–H and O–H groups in total. The van der Waals surface area contributed by atoms with Gasteiger partial charge in [-0.3, -0.25) is 4.79 Å². The van der Waals surface area contributed by atoms with Crippen LogP contribution in [0, 0.1) is 0 Å². The number of amides is 1. The van der Waals surface area contributed by atoms with Gasteiger partial charge in [0.15, 0.2) is 5.79 Å². The molecule has 1 atom stereocenters. The van der Waals surface area contributed by atoms with Crippen LogP contribution in [-0.2, 0) is 20.7 Å². The highest BCUT2D eigenvalue weighted by molar-refractivity contribution is 5.76. The predicted octanol–water partition coefficient (Wildman–Crippen LogP) is 1.90. The van der Waals surface area contributed by atoms with Crippen LogP contribution in [0.25, 0.3) is 0 Å². The van der Waals surface area contributed by atoms with E-state index in [-0.39, 0.29) is 12.0 Å². The van der Waals surface area contributed by atoms with Crippen LogP contribution in [-0.4, -0.2) is 38.1 Å². The molecule has 5 heteroatoms. The number of benzene rings is 1. The molecule has 1 aliphatic heterocycles. The van der Waals surface area contributed by atoms with Gasteiger partial charge in [0.2, 0.25) is 5.91 Å². The first-order chi connectivity index (χ1) is 9.98. The number of nitrogens with one attached hydrogen (secondary N) is 1. The number of aryl methyl sites for hydroxylation is 1. The molecule has 0 aliphatic carbocycles. The summed E-state index contributed by atoms with van der Waals surface area (Å²) in [5.74, 6) is 0.307. The van der Waals surface area contributed by atoms with Crippen molar-refractivity contribution in [3.05, 3.63) is 29.8 Å². The molecule has 0 aromatic heterocycles. The lowest BCUT2D eigenvalue weighted by atomic mass is 10.1. The summed E-state index contributed by atoms with van der Waals surface area (Å²) in [6.07, 6.45) is 1.11. The number of ether oxygens (including phenoxy) is 3. The minimum absolute atomic E-state index is 0.0270. The van der Waals surface area contributed by atoms with Gasteiger partial charge in [0.25, 0.3) is 0 Å². The van der Waals surface area contributed by atoms with E-state index in [1.807, 2.05) is 38.1 Å². The summed E-state index contributed by atoms with van der Waals surface area (Å²) in [6, 6.07) is 7.75. The second-order valence-corrected chi connectivity index (χ2v) is 5.60. The molecule has 1 saturated heterocycles. The topological polar surface area (TPSA) is 56.8 Å². The standard InChI is InChI=1S/C16H23NO4/c1-16(2)20-11-14(21-16)10-17-15(18)9-6-12-4-7-13(19-3)8-5-12/h4-5,7-8,14H,6,9-11H2,1-3H3,(H,17,18). The summed E-state index contributed by atoms with van der Waals surface area (Å²) in [6.45, 7) is 4.76. The van der Waals surface area contributed by atoms with Crippen molar-refractivity contribution in [1.82, 2.24) is 5.32 Å². The number of methoxy groups -OCH3 is 1. The first-order valence-corrected chi connectivity index (χ1v) is 7.20. The lowest BCUT2D eigenvalue weighted by Gasteiger charge is -2.17. The summed E-state index contributed by atoms with van der Waals surface area (Å²) in [4.78, 5) is 11.8. The van der Waals surface area contributed by atoms with Crippen molar-refractivity contribution in [2.75, 3.05) is 20.3 Å². The van der Waals surface area contributed by atoms with E-state index >= 15 is 0 Å². The van der Waals surface area contributed by atoms with Crippen LogP contribution < -0.4 is 10.1 Å². The summed E-state index contributed by atoms with van der Waals surface area (Å²) < 4.78 is 16.2. The van der Waals surface area contributed by atoms with Gasteiger partial charge in [0, 0.05) is 13.0 Å². The molecule has 0 bridgehead atoms. The molecule has 5 nitrogen and oxygen atoms in total. The lowest BCUT2D eigenvalue weighted by Crippen LogP contribution is -2.34. The van der Waals surface area contributed by atoms with Crippen LogP contribution in [0.5, 0.6) is 5.75 Å². The Morgan fingerprint density at radius 3 is 2.67 bits per heavy atom. The van der Waals surface area contributed by atoms with Crippen LogP contribution >= 0.6 is 0 Å². The van der Waals surface area contributed by atoms with Crippen LogP contribution in [0.2, 0.25) is 0 Å². The normalized spacial score (nSPS) is 20.2. The molecule has 2 rings (SSSR count). The van der Waals surface area contributed by atoms with E-state index in [9.17, 15) is 4.79 Å². The molecule has 1 heterocycles. The van der Waals surface area contributed by atoms with Gasteiger partial charge in [-0.15, -0.1) is 0 Å². The third kappa shape index (κ3) is 5.02. The van der Waals surface area contributed by atoms with Crippen molar-refractivity contribution in [3.8, 4) is 5.75 Å². The molecule has 1 aromatic rings. The fourth-order valence-corrected chi connectivity index (χ4v) is 2.23. The van der Waals surface area contributed by atoms with E-state index in [1.165, 1.54) is 0 Å². The van der Waals surface area contributed by atoms with Crippen molar-refractivity contribution in [1.29, 1.82) is 0 Å². The van der Waals surface area contributed by atoms with Gasteiger partial charge < -0.3 is 19.5 Å². The molecule has 0 radical (unpaired) electrons. The number of carbonyl (C=O) groups is 1. The minimum Gasteiger partial charge on any atom is -0.497 e. The average molecular weight is 293 g/mol. The largest absolute Gasteiger partial charge is 0.497 e.